The summed E-state index contributed by atoms with van der Waals surface area (Å²) in [5.74, 6) is 0. The van der Waals surface area contributed by atoms with Gasteiger partial charge in [-0.2, -0.15) is 0 Å². The van der Waals surface area contributed by atoms with Crippen molar-refractivity contribution in [2.75, 3.05) is 0 Å². The lowest BCUT2D eigenvalue weighted by atomic mass is 9.88. The Bertz CT molecular complexity index is 535. The maximum atomic E-state index is 3.96. The van der Waals surface area contributed by atoms with Crippen molar-refractivity contribution in [3.8, 4) is 0 Å². The second-order valence-electron chi connectivity index (χ2n) is 4.65. The predicted molar refractivity (Wildman–Crippen MR) is 64.2 cm³/mol. The summed E-state index contributed by atoms with van der Waals surface area (Å²) in [6, 6.07) is 8.55. The molecule has 1 heteroatoms. The van der Waals surface area contributed by atoms with Crippen LogP contribution in [0, 0.1) is 0 Å². The summed E-state index contributed by atoms with van der Waals surface area (Å²) < 4.78 is 0. The number of para-hydroxylation sites is 1. The molecule has 0 aliphatic heterocycles. The maximum absolute atomic E-state index is 3.96. The van der Waals surface area contributed by atoms with Gasteiger partial charge in [0.2, 0.25) is 0 Å². The quantitative estimate of drug-likeness (QED) is 0.673. The number of allylic oxidation sites excluding steroid dienone is 1. The summed E-state index contributed by atoms with van der Waals surface area (Å²) >= 11 is 0. The third kappa shape index (κ3) is 1.03. The predicted octanol–water partition coefficient (Wildman–Crippen LogP) is 3.56. The number of H-pyrrole nitrogens is 1. The minimum absolute atomic E-state index is 0.147. The van der Waals surface area contributed by atoms with Crippen LogP contribution in [0.25, 0.3) is 10.9 Å². The Morgan fingerprint density at radius 1 is 1.40 bits per heavy atom. The van der Waals surface area contributed by atoms with E-state index in [0.29, 0.717) is 0 Å². The van der Waals surface area contributed by atoms with Crippen LogP contribution in [0.5, 0.6) is 0 Å². The van der Waals surface area contributed by atoms with Crippen molar-refractivity contribution in [2.24, 2.45) is 0 Å². The number of aryl methyl sites for hydroxylation is 1. The largest absolute Gasteiger partial charge is 0.357 e. The van der Waals surface area contributed by atoms with Crippen LogP contribution in [-0.2, 0) is 11.8 Å². The Labute approximate surface area is 89.8 Å². The van der Waals surface area contributed by atoms with Crippen LogP contribution in [0.4, 0.5) is 0 Å². The fraction of sp³-hybridized carbons (Fsp3) is 0.286. The van der Waals surface area contributed by atoms with Crippen LogP contribution in [-0.4, -0.2) is 4.98 Å². The van der Waals surface area contributed by atoms with Crippen molar-refractivity contribution in [1.82, 2.24) is 4.98 Å². The van der Waals surface area contributed by atoms with E-state index in [1.165, 1.54) is 35.0 Å². The maximum Gasteiger partial charge on any atom is 0.0459 e. The Hall–Kier alpha value is -1.50. The van der Waals surface area contributed by atoms with Gasteiger partial charge in [-0.05, 0) is 24.5 Å². The van der Waals surface area contributed by atoms with Gasteiger partial charge in [0.05, 0.1) is 0 Å². The Balaban J connectivity index is 2.34. The highest BCUT2D eigenvalue weighted by Gasteiger charge is 2.34. The molecule has 1 heterocycles. The first-order valence-electron chi connectivity index (χ1n) is 5.48. The average molecular weight is 197 g/mol. The molecule has 0 spiro atoms. The summed E-state index contributed by atoms with van der Waals surface area (Å²) in [6.45, 7) is 6.23. The van der Waals surface area contributed by atoms with Crippen LogP contribution < -0.4 is 0 Å². The highest BCUT2D eigenvalue weighted by Crippen LogP contribution is 2.42. The number of hydrogen-bond donors (Lipinski definition) is 1. The second kappa shape index (κ2) is 2.75. The fourth-order valence-electron chi connectivity index (χ4n) is 2.66. The van der Waals surface area contributed by atoms with Gasteiger partial charge in [-0.15, -0.1) is 6.58 Å². The first-order valence-corrected chi connectivity index (χ1v) is 5.48. The van der Waals surface area contributed by atoms with Gasteiger partial charge in [-0.3, -0.25) is 0 Å². The van der Waals surface area contributed by atoms with Gasteiger partial charge in [0.15, 0.2) is 0 Å². The molecular formula is C14H15N. The van der Waals surface area contributed by atoms with E-state index in [-0.39, 0.29) is 5.41 Å². The number of aromatic nitrogens is 1. The third-order valence-electron chi connectivity index (χ3n) is 3.73. The van der Waals surface area contributed by atoms with Gasteiger partial charge in [0, 0.05) is 22.0 Å². The molecule has 0 bridgehead atoms. The van der Waals surface area contributed by atoms with Gasteiger partial charge >= 0.3 is 0 Å². The molecule has 1 N–H and O–H groups in total. The molecular weight excluding hydrogens is 182 g/mol. The molecule has 1 aliphatic rings. The number of benzene rings is 1. The molecule has 1 nitrogen and oxygen atoms in total. The molecule has 0 amide bonds. The Kier molecular flexibility index (Phi) is 1.61. The second-order valence-corrected chi connectivity index (χ2v) is 4.65. The summed E-state index contributed by atoms with van der Waals surface area (Å²) in [4.78, 5) is 3.55. The van der Waals surface area contributed by atoms with E-state index in [1.807, 2.05) is 0 Å². The summed E-state index contributed by atoms with van der Waals surface area (Å²) in [5, 5.41) is 1.39. The lowest BCUT2D eigenvalue weighted by Crippen LogP contribution is -2.14. The highest BCUT2D eigenvalue weighted by atomic mass is 14.8. The zero-order chi connectivity index (χ0) is 10.5. The monoisotopic (exact) mass is 197 g/mol. The van der Waals surface area contributed by atoms with Crippen molar-refractivity contribution in [1.29, 1.82) is 0 Å². The van der Waals surface area contributed by atoms with Gasteiger partial charge in [-0.1, -0.05) is 31.2 Å². The van der Waals surface area contributed by atoms with Crippen molar-refractivity contribution in [3.63, 3.8) is 0 Å². The molecule has 1 aromatic carbocycles. The standard InChI is InChI=1S/C14H15N/c1-3-14(2)9-8-11-10-6-4-5-7-12(10)15-13(11)14/h3-7,15H,1,8-9H2,2H3/t14-/m0/s1. The molecule has 2 aromatic rings. The molecule has 0 saturated heterocycles. The van der Waals surface area contributed by atoms with Gasteiger partial charge in [0.1, 0.15) is 0 Å². The van der Waals surface area contributed by atoms with E-state index in [4.69, 9.17) is 0 Å². The molecule has 1 aromatic heterocycles. The minimum Gasteiger partial charge on any atom is -0.357 e. The first-order chi connectivity index (χ1) is 7.24. The molecule has 1 aliphatic carbocycles. The number of aromatic amines is 1. The van der Waals surface area contributed by atoms with Gasteiger partial charge in [-0.25, -0.2) is 0 Å². The summed E-state index contributed by atoms with van der Waals surface area (Å²) in [6.07, 6.45) is 4.43. The van der Waals surface area contributed by atoms with E-state index >= 15 is 0 Å². The Morgan fingerprint density at radius 3 is 3.00 bits per heavy atom. The lowest BCUT2D eigenvalue weighted by Gasteiger charge is -2.18. The van der Waals surface area contributed by atoms with E-state index in [1.54, 1.807) is 0 Å². The molecule has 3 rings (SSSR count). The molecule has 0 fully saturated rings. The van der Waals surface area contributed by atoms with Crippen LogP contribution in [0.3, 0.4) is 0 Å². The third-order valence-corrected chi connectivity index (χ3v) is 3.73. The van der Waals surface area contributed by atoms with E-state index in [0.717, 1.165) is 0 Å². The normalized spacial score (nSPS) is 24.3. The van der Waals surface area contributed by atoms with Crippen molar-refractivity contribution >= 4 is 10.9 Å². The zero-order valence-corrected chi connectivity index (χ0v) is 9.01. The molecule has 0 radical (unpaired) electrons. The fourth-order valence-corrected chi connectivity index (χ4v) is 2.66. The van der Waals surface area contributed by atoms with Crippen LogP contribution in [0.2, 0.25) is 0 Å². The molecule has 0 unspecified atom stereocenters. The van der Waals surface area contributed by atoms with E-state index < -0.39 is 0 Å². The SMILES string of the molecule is C=C[C@@]1(C)CCc2c1[nH]c1ccccc21. The number of fused-ring (bicyclic) bond motifs is 3. The smallest absolute Gasteiger partial charge is 0.0459 e. The number of nitrogens with one attached hydrogen (secondary N) is 1. The summed E-state index contributed by atoms with van der Waals surface area (Å²) in [5.41, 5.74) is 4.27. The first kappa shape index (κ1) is 8.78. The number of hydrogen-bond acceptors (Lipinski definition) is 0. The van der Waals surface area contributed by atoms with Crippen LogP contribution in [0.15, 0.2) is 36.9 Å². The molecule has 1 atom stereocenters. The summed E-state index contributed by atoms with van der Waals surface area (Å²) in [7, 11) is 0. The van der Waals surface area contributed by atoms with Crippen molar-refractivity contribution in [2.45, 2.75) is 25.2 Å². The zero-order valence-electron chi connectivity index (χ0n) is 9.01. The topological polar surface area (TPSA) is 15.8 Å². The van der Waals surface area contributed by atoms with E-state index in [9.17, 15) is 0 Å². The minimum atomic E-state index is 0.147. The van der Waals surface area contributed by atoms with Crippen molar-refractivity contribution in [3.05, 3.63) is 48.2 Å². The average Bonchev–Trinajstić information content (AvgIpc) is 2.78. The van der Waals surface area contributed by atoms with Gasteiger partial charge in [0.25, 0.3) is 0 Å². The van der Waals surface area contributed by atoms with E-state index in [2.05, 4.69) is 48.8 Å². The van der Waals surface area contributed by atoms with Gasteiger partial charge < -0.3 is 4.98 Å². The van der Waals surface area contributed by atoms with Crippen LogP contribution in [0.1, 0.15) is 24.6 Å². The van der Waals surface area contributed by atoms with Crippen molar-refractivity contribution < 1.29 is 0 Å². The highest BCUT2D eigenvalue weighted by molar-refractivity contribution is 5.86. The lowest BCUT2D eigenvalue weighted by molar-refractivity contribution is 0.577. The van der Waals surface area contributed by atoms with Crippen LogP contribution >= 0.6 is 0 Å². The molecule has 15 heavy (non-hydrogen) atoms. The Morgan fingerprint density at radius 2 is 2.20 bits per heavy atom. The number of rotatable bonds is 1. The molecule has 0 saturated carbocycles. The molecule has 76 valence electrons.